The van der Waals surface area contributed by atoms with E-state index in [1.807, 2.05) is 37.7 Å². The maximum atomic E-state index is 13.5. The molecule has 0 saturated carbocycles. The van der Waals surface area contributed by atoms with Crippen LogP contribution in [0.4, 0.5) is 13.2 Å². The van der Waals surface area contributed by atoms with E-state index in [1.165, 1.54) is 24.3 Å². The lowest BCUT2D eigenvalue weighted by Crippen LogP contribution is -2.41. The van der Waals surface area contributed by atoms with E-state index in [0.29, 0.717) is 12.0 Å². The Kier molecular flexibility index (Phi) is 7.42. The maximum Gasteiger partial charge on any atom is 0.435 e. The van der Waals surface area contributed by atoms with E-state index in [4.69, 9.17) is 0 Å². The molecule has 3 aromatic rings. The third kappa shape index (κ3) is 6.29. The molecule has 2 aromatic carbocycles. The molecule has 3 rings (SSSR count). The molecule has 0 spiro atoms. The molecular formula is C24H27F3N4O3S. The van der Waals surface area contributed by atoms with Gasteiger partial charge in [0.1, 0.15) is 0 Å². The molecule has 0 aliphatic heterocycles. The smallest absolute Gasteiger partial charge is 0.278 e. The first-order valence-electron chi connectivity index (χ1n) is 10.9. The van der Waals surface area contributed by atoms with E-state index < -0.39 is 27.8 Å². The topological polar surface area (TPSA) is 93.1 Å². The number of nitrogens with zero attached hydrogens (tertiary/aromatic N) is 2. The zero-order valence-electron chi connectivity index (χ0n) is 19.8. The molecule has 7 nitrogen and oxygen atoms in total. The van der Waals surface area contributed by atoms with Crippen molar-refractivity contribution in [2.24, 2.45) is 0 Å². The molecule has 1 aromatic heterocycles. The summed E-state index contributed by atoms with van der Waals surface area (Å²) in [7, 11) is -4.06. The van der Waals surface area contributed by atoms with Crippen LogP contribution < -0.4 is 10.3 Å². The highest BCUT2D eigenvalue weighted by molar-refractivity contribution is 7.89. The van der Waals surface area contributed by atoms with Crippen molar-refractivity contribution in [3.63, 3.8) is 0 Å². The Bertz CT molecular complexity index is 1290. The van der Waals surface area contributed by atoms with Crippen LogP contribution in [0.5, 0.6) is 0 Å². The Labute approximate surface area is 202 Å². The van der Waals surface area contributed by atoms with Crippen LogP contribution >= 0.6 is 0 Å². The van der Waals surface area contributed by atoms with Crippen molar-refractivity contribution in [1.29, 1.82) is 0 Å². The van der Waals surface area contributed by atoms with Crippen LogP contribution in [0, 0.1) is 0 Å². The number of hydrazine groups is 1. The van der Waals surface area contributed by atoms with Crippen LogP contribution in [0.2, 0.25) is 0 Å². The number of alkyl halides is 3. The van der Waals surface area contributed by atoms with Gasteiger partial charge in [-0.2, -0.15) is 18.3 Å². The van der Waals surface area contributed by atoms with Gasteiger partial charge in [0.15, 0.2) is 5.69 Å². The number of rotatable bonds is 7. The summed E-state index contributed by atoms with van der Waals surface area (Å²) in [6.45, 7) is 7.88. The van der Waals surface area contributed by atoms with E-state index in [2.05, 4.69) is 10.5 Å². The van der Waals surface area contributed by atoms with Crippen molar-refractivity contribution in [2.45, 2.75) is 57.0 Å². The first kappa shape index (κ1) is 26.4. The van der Waals surface area contributed by atoms with Gasteiger partial charge in [-0.1, -0.05) is 52.0 Å². The summed E-state index contributed by atoms with van der Waals surface area (Å²) >= 11 is 0. The number of sulfonamides is 1. The molecule has 0 aliphatic rings. The fourth-order valence-corrected chi connectivity index (χ4v) is 4.16. The minimum atomic E-state index is -4.66. The van der Waals surface area contributed by atoms with Crippen molar-refractivity contribution in [1.82, 2.24) is 20.0 Å². The minimum absolute atomic E-state index is 0.124. The maximum absolute atomic E-state index is 13.5. The predicted octanol–water partition coefficient (Wildman–Crippen LogP) is 4.97. The van der Waals surface area contributed by atoms with Gasteiger partial charge < -0.3 is 0 Å². The second-order valence-corrected chi connectivity index (χ2v) is 10.7. The number of benzene rings is 2. The van der Waals surface area contributed by atoms with Crippen LogP contribution in [0.15, 0.2) is 59.5 Å². The summed E-state index contributed by atoms with van der Waals surface area (Å²) in [5.41, 5.74) is 2.92. The van der Waals surface area contributed by atoms with Gasteiger partial charge in [-0.3, -0.25) is 10.2 Å². The number of nitrogens with one attached hydrogen (secondary N) is 2. The second-order valence-electron chi connectivity index (χ2n) is 9.05. The van der Waals surface area contributed by atoms with Gasteiger partial charge in [-0.15, -0.1) is 4.83 Å². The molecule has 188 valence electrons. The standard InChI is InChI=1S/C24H27F3N4O3S/c1-5-6-22(32)28-30-35(33,34)19-13-11-18(12-14-19)31-20(15-21(29-31)24(25,26)27)16-7-9-17(10-8-16)23(2,3)4/h7-15,30H,5-6H2,1-4H3,(H,28,32). The molecule has 2 N–H and O–H groups in total. The van der Waals surface area contributed by atoms with Gasteiger partial charge >= 0.3 is 6.18 Å². The number of carbonyl (C=O) groups excluding carboxylic acids is 1. The zero-order chi connectivity index (χ0) is 26.0. The number of halogens is 3. The van der Waals surface area contributed by atoms with Crippen LogP contribution in [-0.2, 0) is 26.4 Å². The van der Waals surface area contributed by atoms with Crippen LogP contribution in [0.25, 0.3) is 16.9 Å². The third-order valence-electron chi connectivity index (χ3n) is 5.24. The van der Waals surface area contributed by atoms with E-state index >= 15 is 0 Å². The molecule has 0 bridgehead atoms. The largest absolute Gasteiger partial charge is 0.435 e. The molecule has 11 heteroatoms. The predicted molar refractivity (Wildman–Crippen MR) is 126 cm³/mol. The van der Waals surface area contributed by atoms with Crippen LogP contribution in [0.3, 0.4) is 0 Å². The molecule has 0 fully saturated rings. The molecule has 0 atom stereocenters. The zero-order valence-corrected chi connectivity index (χ0v) is 20.6. The molecule has 0 radical (unpaired) electrons. The summed E-state index contributed by atoms with van der Waals surface area (Å²) in [4.78, 5) is 13.4. The van der Waals surface area contributed by atoms with Crippen molar-refractivity contribution in [3.05, 3.63) is 65.9 Å². The van der Waals surface area contributed by atoms with Crippen molar-refractivity contribution < 1.29 is 26.4 Å². The summed E-state index contributed by atoms with van der Waals surface area (Å²) in [6.07, 6.45) is -3.95. The number of carbonyl (C=O) groups is 1. The number of hydrogen-bond acceptors (Lipinski definition) is 4. The summed E-state index contributed by atoms with van der Waals surface area (Å²) in [6, 6.07) is 13.3. The fraction of sp³-hybridized carbons (Fsp3) is 0.333. The lowest BCUT2D eigenvalue weighted by atomic mass is 9.86. The van der Waals surface area contributed by atoms with Gasteiger partial charge in [0.05, 0.1) is 16.3 Å². The van der Waals surface area contributed by atoms with E-state index in [1.54, 1.807) is 19.1 Å². The first-order chi connectivity index (χ1) is 16.2. The molecule has 0 saturated heterocycles. The average Bonchev–Trinajstić information content (AvgIpc) is 3.24. The van der Waals surface area contributed by atoms with Gasteiger partial charge in [0.25, 0.3) is 10.0 Å². The van der Waals surface area contributed by atoms with Gasteiger partial charge in [-0.25, -0.2) is 13.1 Å². The Morgan fingerprint density at radius 1 is 1.00 bits per heavy atom. The van der Waals surface area contributed by atoms with E-state index in [9.17, 15) is 26.4 Å². The van der Waals surface area contributed by atoms with Crippen molar-refractivity contribution in [3.8, 4) is 16.9 Å². The van der Waals surface area contributed by atoms with Gasteiger partial charge in [-0.05, 0) is 47.7 Å². The summed E-state index contributed by atoms with van der Waals surface area (Å²) in [5, 5.41) is 3.74. The first-order valence-corrected chi connectivity index (χ1v) is 12.4. The van der Waals surface area contributed by atoms with Crippen molar-refractivity contribution >= 4 is 15.9 Å². The molecule has 35 heavy (non-hydrogen) atoms. The Hall–Kier alpha value is -3.18. The molecule has 0 aliphatic carbocycles. The summed E-state index contributed by atoms with van der Waals surface area (Å²) < 4.78 is 66.4. The second kappa shape index (κ2) is 9.82. The Balaban J connectivity index is 1.97. The van der Waals surface area contributed by atoms with Crippen LogP contribution in [-0.4, -0.2) is 24.1 Å². The van der Waals surface area contributed by atoms with E-state index in [-0.39, 0.29) is 28.1 Å². The van der Waals surface area contributed by atoms with Gasteiger partial charge in [0, 0.05) is 12.0 Å². The highest BCUT2D eigenvalue weighted by Gasteiger charge is 2.35. The Morgan fingerprint density at radius 2 is 1.60 bits per heavy atom. The van der Waals surface area contributed by atoms with Crippen molar-refractivity contribution in [2.75, 3.05) is 0 Å². The van der Waals surface area contributed by atoms with Gasteiger partial charge in [0.2, 0.25) is 5.91 Å². The Morgan fingerprint density at radius 3 is 2.11 bits per heavy atom. The monoisotopic (exact) mass is 508 g/mol. The fourth-order valence-electron chi connectivity index (χ4n) is 3.30. The minimum Gasteiger partial charge on any atom is -0.278 e. The molecule has 1 heterocycles. The molecule has 0 unspecified atom stereocenters. The SMILES string of the molecule is CCCC(=O)NNS(=O)(=O)c1ccc(-n2nc(C(F)(F)F)cc2-c2ccc(C(C)(C)C)cc2)cc1. The lowest BCUT2D eigenvalue weighted by molar-refractivity contribution is -0.141. The normalized spacial score (nSPS) is 12.5. The highest BCUT2D eigenvalue weighted by Crippen LogP contribution is 2.34. The quantitative estimate of drug-likeness (QED) is 0.441. The number of hydrogen-bond donors (Lipinski definition) is 2. The third-order valence-corrected chi connectivity index (χ3v) is 6.50. The lowest BCUT2D eigenvalue weighted by Gasteiger charge is -2.19. The van der Waals surface area contributed by atoms with E-state index in [0.717, 1.165) is 16.3 Å². The van der Waals surface area contributed by atoms with Crippen LogP contribution in [0.1, 0.15) is 51.8 Å². The highest BCUT2D eigenvalue weighted by atomic mass is 32.2. The summed E-state index contributed by atoms with van der Waals surface area (Å²) in [5.74, 6) is -0.481. The number of aromatic nitrogens is 2. The molecular weight excluding hydrogens is 481 g/mol. The average molecular weight is 509 g/mol. The molecule has 1 amide bonds. The number of amides is 1.